The molecular formula is C56H36N4O. The summed E-state index contributed by atoms with van der Waals surface area (Å²) in [6, 6.07) is 70.2. The SMILES string of the molecule is c1ccc(-c2nnc(-c3cccc(-c4ccc5cc6c(cc5c4)Cc4ccc(-n5c7ccccc7c7cc(-n8c9ccccc9c9ccccc98)ccc75)cc4C6)c3)o2)cc1. The monoisotopic (exact) mass is 780 g/mol. The van der Waals surface area contributed by atoms with Crippen LogP contribution in [0.15, 0.2) is 199 Å². The van der Waals surface area contributed by atoms with Crippen LogP contribution in [0.2, 0.25) is 0 Å². The van der Waals surface area contributed by atoms with Crippen LogP contribution in [-0.2, 0) is 12.8 Å². The van der Waals surface area contributed by atoms with Crippen LogP contribution in [0.3, 0.4) is 0 Å². The molecule has 13 rings (SSSR count). The van der Waals surface area contributed by atoms with Gasteiger partial charge in [-0.05, 0) is 136 Å². The lowest BCUT2D eigenvalue weighted by atomic mass is 9.84. The zero-order valence-corrected chi connectivity index (χ0v) is 33.1. The molecule has 0 unspecified atom stereocenters. The molecule has 0 atom stereocenters. The van der Waals surface area contributed by atoms with E-state index < -0.39 is 0 Å². The Bertz CT molecular complexity index is 3670. The molecule has 0 saturated carbocycles. The summed E-state index contributed by atoms with van der Waals surface area (Å²) in [6.07, 6.45) is 1.82. The van der Waals surface area contributed by atoms with Crippen LogP contribution in [0.5, 0.6) is 0 Å². The van der Waals surface area contributed by atoms with E-state index in [0.29, 0.717) is 11.8 Å². The van der Waals surface area contributed by atoms with Crippen molar-refractivity contribution in [2.24, 2.45) is 0 Å². The standard InChI is InChI=1S/C56H36N4O/c1-2-11-35(12-3-1)55-57-58-56(61-55)40-14-10-13-36(27-40)37-21-22-38-29-43-32-44-33-45(24-23-39(44)30-42(43)31-41(38)28-37)59-53-20-9-6-17-49(53)50-34-46(25-26-54(50)59)60-51-18-7-4-15-47(51)48-16-5-8-19-52(48)60/h1-29,31,33-34H,30,32H2. The number of rotatable bonds is 5. The van der Waals surface area contributed by atoms with Crippen LogP contribution >= 0.6 is 0 Å². The number of hydrogen-bond acceptors (Lipinski definition) is 3. The lowest BCUT2D eigenvalue weighted by Gasteiger charge is -2.22. The third-order valence-electron chi connectivity index (χ3n) is 12.8. The highest BCUT2D eigenvalue weighted by molar-refractivity contribution is 6.12. The molecule has 61 heavy (non-hydrogen) atoms. The lowest BCUT2D eigenvalue weighted by molar-refractivity contribution is 0.584. The fourth-order valence-corrected chi connectivity index (χ4v) is 9.85. The first-order valence-corrected chi connectivity index (χ1v) is 20.9. The van der Waals surface area contributed by atoms with Crippen LogP contribution in [0, 0.1) is 0 Å². The van der Waals surface area contributed by atoms with Crippen LogP contribution in [-0.4, -0.2) is 19.3 Å². The van der Waals surface area contributed by atoms with Crippen molar-refractivity contribution in [1.82, 2.24) is 19.3 Å². The van der Waals surface area contributed by atoms with Gasteiger partial charge in [-0.15, -0.1) is 10.2 Å². The molecule has 0 amide bonds. The third kappa shape index (κ3) is 5.41. The Kier molecular flexibility index (Phi) is 7.36. The predicted octanol–water partition coefficient (Wildman–Crippen LogP) is 13.9. The molecule has 286 valence electrons. The maximum atomic E-state index is 6.09. The van der Waals surface area contributed by atoms with E-state index in [4.69, 9.17) is 4.42 Å². The smallest absolute Gasteiger partial charge is 0.248 e. The van der Waals surface area contributed by atoms with Gasteiger partial charge in [0.15, 0.2) is 0 Å². The molecule has 0 bridgehead atoms. The van der Waals surface area contributed by atoms with Crippen molar-refractivity contribution in [3.05, 3.63) is 216 Å². The zero-order chi connectivity index (χ0) is 40.0. The van der Waals surface area contributed by atoms with E-state index in [1.807, 2.05) is 36.4 Å². The summed E-state index contributed by atoms with van der Waals surface area (Å²) in [5.41, 5.74) is 16.9. The van der Waals surface area contributed by atoms with Gasteiger partial charge in [-0.2, -0.15) is 0 Å². The second-order valence-electron chi connectivity index (χ2n) is 16.3. The molecule has 0 fully saturated rings. The van der Waals surface area contributed by atoms with Crippen molar-refractivity contribution in [2.75, 3.05) is 0 Å². The van der Waals surface area contributed by atoms with Gasteiger partial charge in [0.25, 0.3) is 0 Å². The Morgan fingerprint density at radius 2 is 0.852 bits per heavy atom. The van der Waals surface area contributed by atoms with Crippen LogP contribution < -0.4 is 0 Å². The Morgan fingerprint density at radius 3 is 1.59 bits per heavy atom. The summed E-state index contributed by atoms with van der Waals surface area (Å²) in [7, 11) is 0. The number of hydrogen-bond donors (Lipinski definition) is 0. The van der Waals surface area contributed by atoms with Gasteiger partial charge in [0.2, 0.25) is 11.8 Å². The first kappa shape index (κ1) is 33.9. The molecule has 12 aromatic rings. The lowest BCUT2D eigenvalue weighted by Crippen LogP contribution is -2.08. The Balaban J connectivity index is 0.838. The zero-order valence-electron chi connectivity index (χ0n) is 33.1. The molecule has 9 aromatic carbocycles. The number of para-hydroxylation sites is 3. The Labute approximate surface area is 351 Å². The summed E-state index contributed by atoms with van der Waals surface area (Å²) in [6.45, 7) is 0. The highest BCUT2D eigenvalue weighted by Crippen LogP contribution is 2.39. The van der Waals surface area contributed by atoms with E-state index in [-0.39, 0.29) is 0 Å². The van der Waals surface area contributed by atoms with E-state index in [9.17, 15) is 0 Å². The van der Waals surface area contributed by atoms with E-state index in [2.05, 4.69) is 177 Å². The van der Waals surface area contributed by atoms with Gasteiger partial charge in [-0.25, -0.2) is 0 Å². The molecule has 0 radical (unpaired) electrons. The van der Waals surface area contributed by atoms with Crippen LogP contribution in [0.25, 0.3) is 99.8 Å². The molecule has 5 nitrogen and oxygen atoms in total. The third-order valence-corrected chi connectivity index (χ3v) is 12.8. The normalized spacial score (nSPS) is 12.5. The highest BCUT2D eigenvalue weighted by Gasteiger charge is 2.21. The maximum Gasteiger partial charge on any atom is 0.248 e. The van der Waals surface area contributed by atoms with Gasteiger partial charge < -0.3 is 13.6 Å². The van der Waals surface area contributed by atoms with Crippen LogP contribution in [0.1, 0.15) is 22.3 Å². The summed E-state index contributed by atoms with van der Waals surface area (Å²) in [5, 5.41) is 16.2. The summed E-state index contributed by atoms with van der Waals surface area (Å²) >= 11 is 0. The summed E-state index contributed by atoms with van der Waals surface area (Å²) in [5.74, 6) is 1.03. The largest absolute Gasteiger partial charge is 0.416 e. The maximum absolute atomic E-state index is 6.09. The number of aromatic nitrogens is 4. The molecule has 0 saturated heterocycles. The van der Waals surface area contributed by atoms with E-state index >= 15 is 0 Å². The van der Waals surface area contributed by atoms with Crippen molar-refractivity contribution in [1.29, 1.82) is 0 Å². The minimum Gasteiger partial charge on any atom is -0.416 e. The van der Waals surface area contributed by atoms with Crippen molar-refractivity contribution in [2.45, 2.75) is 12.8 Å². The molecule has 1 aliphatic carbocycles. The van der Waals surface area contributed by atoms with E-state index in [1.165, 1.54) is 88.0 Å². The molecular weight excluding hydrogens is 745 g/mol. The van der Waals surface area contributed by atoms with Crippen molar-refractivity contribution < 1.29 is 4.42 Å². The minimum atomic E-state index is 0.514. The average Bonchev–Trinajstić information content (AvgIpc) is 4.04. The summed E-state index contributed by atoms with van der Waals surface area (Å²) in [4.78, 5) is 0. The predicted molar refractivity (Wildman–Crippen MR) is 249 cm³/mol. The Morgan fingerprint density at radius 1 is 0.328 bits per heavy atom. The van der Waals surface area contributed by atoms with Gasteiger partial charge in [-0.3, -0.25) is 0 Å². The fraction of sp³-hybridized carbons (Fsp3) is 0.0357. The van der Waals surface area contributed by atoms with Crippen LogP contribution in [0.4, 0.5) is 0 Å². The van der Waals surface area contributed by atoms with Gasteiger partial charge in [0, 0.05) is 44.0 Å². The average molecular weight is 781 g/mol. The quantitative estimate of drug-likeness (QED) is 0.175. The molecule has 0 aliphatic heterocycles. The fourth-order valence-electron chi connectivity index (χ4n) is 9.85. The topological polar surface area (TPSA) is 48.8 Å². The first-order valence-electron chi connectivity index (χ1n) is 20.9. The molecule has 5 heteroatoms. The molecule has 0 N–H and O–H groups in total. The number of benzene rings is 9. The molecule has 0 spiro atoms. The van der Waals surface area contributed by atoms with Gasteiger partial charge >= 0.3 is 0 Å². The van der Waals surface area contributed by atoms with Crippen molar-refractivity contribution in [3.8, 4) is 45.4 Å². The Hall–Kier alpha value is -8.02. The minimum absolute atomic E-state index is 0.514. The van der Waals surface area contributed by atoms with Gasteiger partial charge in [-0.1, -0.05) is 115 Å². The van der Waals surface area contributed by atoms with E-state index in [0.717, 1.165) is 35.1 Å². The van der Waals surface area contributed by atoms with Gasteiger partial charge in [0.05, 0.1) is 22.1 Å². The first-order chi connectivity index (χ1) is 30.2. The molecule has 3 aromatic heterocycles. The highest BCUT2D eigenvalue weighted by atomic mass is 16.4. The second-order valence-corrected chi connectivity index (χ2v) is 16.3. The number of fused-ring (bicyclic) bond motifs is 9. The molecule has 1 aliphatic rings. The van der Waals surface area contributed by atoms with Crippen molar-refractivity contribution >= 4 is 54.4 Å². The molecule has 3 heterocycles. The van der Waals surface area contributed by atoms with Crippen molar-refractivity contribution in [3.63, 3.8) is 0 Å². The second kappa shape index (κ2) is 13.2. The van der Waals surface area contributed by atoms with Gasteiger partial charge in [0.1, 0.15) is 0 Å². The number of nitrogens with zero attached hydrogens (tertiary/aromatic N) is 4. The van der Waals surface area contributed by atoms with E-state index in [1.54, 1.807) is 0 Å². The summed E-state index contributed by atoms with van der Waals surface area (Å²) < 4.78 is 11.0.